The van der Waals surface area contributed by atoms with Crippen molar-refractivity contribution < 1.29 is 4.79 Å². The van der Waals surface area contributed by atoms with Crippen molar-refractivity contribution in [1.29, 1.82) is 0 Å². The van der Waals surface area contributed by atoms with Gasteiger partial charge in [-0.15, -0.1) is 0 Å². The summed E-state index contributed by atoms with van der Waals surface area (Å²) in [5.41, 5.74) is 0. The van der Waals surface area contributed by atoms with Crippen LogP contribution in [-0.4, -0.2) is 24.0 Å². The first-order valence-corrected chi connectivity index (χ1v) is 5.64. The molecule has 15 heavy (non-hydrogen) atoms. The van der Waals surface area contributed by atoms with Gasteiger partial charge in [0.2, 0.25) is 5.91 Å². The molecule has 0 unspecified atom stereocenters. The molecule has 0 aliphatic carbocycles. The Kier molecular flexibility index (Phi) is 5.10. The number of aromatic nitrogens is 1. The normalized spacial score (nSPS) is 9.73. The van der Waals surface area contributed by atoms with E-state index in [4.69, 9.17) is 0 Å². The van der Waals surface area contributed by atoms with Gasteiger partial charge in [0.15, 0.2) is 0 Å². The Labute approximate surface area is 97.6 Å². The number of hydrogen-bond donors (Lipinski definition) is 2. The summed E-state index contributed by atoms with van der Waals surface area (Å²) in [7, 11) is 0. The van der Waals surface area contributed by atoms with E-state index in [1.165, 1.54) is 0 Å². The van der Waals surface area contributed by atoms with Crippen LogP contribution in [0.2, 0.25) is 0 Å². The minimum atomic E-state index is 0.0575. The van der Waals surface area contributed by atoms with Gasteiger partial charge in [-0.3, -0.25) is 4.79 Å². The number of amides is 1. The average Bonchev–Trinajstić information content (AvgIpc) is 2.21. The molecular formula is C10H14BrN3O. The van der Waals surface area contributed by atoms with Gasteiger partial charge in [0.25, 0.3) is 0 Å². The monoisotopic (exact) mass is 271 g/mol. The third-order valence-corrected chi connectivity index (χ3v) is 2.23. The first-order valence-electron chi connectivity index (χ1n) is 4.84. The van der Waals surface area contributed by atoms with Crippen molar-refractivity contribution in [2.45, 2.75) is 13.3 Å². The first-order chi connectivity index (χ1) is 7.22. The van der Waals surface area contributed by atoms with Gasteiger partial charge in [0, 0.05) is 30.2 Å². The molecule has 5 heteroatoms. The fourth-order valence-corrected chi connectivity index (χ4v) is 1.30. The van der Waals surface area contributed by atoms with Gasteiger partial charge < -0.3 is 10.6 Å². The van der Waals surface area contributed by atoms with E-state index >= 15 is 0 Å². The summed E-state index contributed by atoms with van der Waals surface area (Å²) in [6.45, 7) is 3.18. The van der Waals surface area contributed by atoms with E-state index in [9.17, 15) is 4.79 Å². The van der Waals surface area contributed by atoms with E-state index in [1.807, 2.05) is 19.1 Å². The van der Waals surface area contributed by atoms with Crippen molar-refractivity contribution in [1.82, 2.24) is 10.3 Å². The Morgan fingerprint density at radius 3 is 2.93 bits per heavy atom. The number of rotatable bonds is 5. The van der Waals surface area contributed by atoms with Crippen molar-refractivity contribution in [3.63, 3.8) is 0 Å². The molecule has 1 heterocycles. The second kappa shape index (κ2) is 6.40. The Morgan fingerprint density at radius 2 is 2.33 bits per heavy atom. The van der Waals surface area contributed by atoms with Crippen LogP contribution in [0.1, 0.15) is 13.3 Å². The quantitative estimate of drug-likeness (QED) is 0.859. The Morgan fingerprint density at radius 1 is 1.53 bits per heavy atom. The molecule has 0 fully saturated rings. The molecule has 0 aromatic carbocycles. The van der Waals surface area contributed by atoms with Crippen LogP contribution in [-0.2, 0) is 4.79 Å². The summed E-state index contributed by atoms with van der Waals surface area (Å²) in [6.07, 6.45) is 2.18. The maximum Gasteiger partial charge on any atom is 0.221 e. The Hall–Kier alpha value is -1.10. The highest BCUT2D eigenvalue weighted by Crippen LogP contribution is 2.10. The summed E-state index contributed by atoms with van der Waals surface area (Å²) < 4.78 is 0.941. The van der Waals surface area contributed by atoms with E-state index in [0.29, 0.717) is 19.5 Å². The summed E-state index contributed by atoms with van der Waals surface area (Å²) in [5.74, 6) is 0.838. The minimum absolute atomic E-state index is 0.0575. The first kappa shape index (κ1) is 12.0. The van der Waals surface area contributed by atoms with Crippen molar-refractivity contribution in [2.75, 3.05) is 18.4 Å². The molecule has 1 aromatic heterocycles. The minimum Gasteiger partial charge on any atom is -0.370 e. The molecule has 0 atom stereocenters. The summed E-state index contributed by atoms with van der Waals surface area (Å²) in [4.78, 5) is 15.2. The van der Waals surface area contributed by atoms with Crippen LogP contribution in [0, 0.1) is 0 Å². The molecule has 4 nitrogen and oxygen atoms in total. The number of carbonyl (C=O) groups excluding carboxylic acids is 1. The lowest BCUT2D eigenvalue weighted by atomic mass is 10.4. The number of anilines is 1. The van der Waals surface area contributed by atoms with Crippen LogP contribution in [0.5, 0.6) is 0 Å². The predicted molar refractivity (Wildman–Crippen MR) is 63.7 cm³/mol. The number of carbonyl (C=O) groups is 1. The molecule has 0 aliphatic rings. The standard InChI is InChI=1S/C10H14BrN3O/c1-2-12-10(15)5-6-13-9-4-3-8(11)7-14-9/h3-4,7H,2,5-6H2,1H3,(H,12,15)(H,13,14). The molecule has 82 valence electrons. The van der Waals surface area contributed by atoms with Gasteiger partial charge in [-0.25, -0.2) is 4.98 Å². The van der Waals surface area contributed by atoms with Crippen LogP contribution in [0.25, 0.3) is 0 Å². The molecule has 0 saturated heterocycles. The SMILES string of the molecule is CCNC(=O)CCNc1ccc(Br)cn1. The fraction of sp³-hybridized carbons (Fsp3) is 0.400. The van der Waals surface area contributed by atoms with E-state index in [1.54, 1.807) is 6.20 Å². The second-order valence-electron chi connectivity index (χ2n) is 2.99. The summed E-state index contributed by atoms with van der Waals surface area (Å²) in [5, 5.41) is 5.80. The molecule has 1 aromatic rings. The highest BCUT2D eigenvalue weighted by atomic mass is 79.9. The molecule has 0 aliphatic heterocycles. The molecule has 1 amide bonds. The maximum absolute atomic E-state index is 11.1. The largest absolute Gasteiger partial charge is 0.370 e. The highest BCUT2D eigenvalue weighted by Gasteiger charge is 1.98. The van der Waals surface area contributed by atoms with Crippen LogP contribution in [0.3, 0.4) is 0 Å². The van der Waals surface area contributed by atoms with Crippen LogP contribution >= 0.6 is 15.9 Å². The second-order valence-corrected chi connectivity index (χ2v) is 3.91. The van der Waals surface area contributed by atoms with Gasteiger partial charge >= 0.3 is 0 Å². The lowest BCUT2D eigenvalue weighted by Gasteiger charge is -2.05. The molecule has 0 bridgehead atoms. The number of hydrogen-bond acceptors (Lipinski definition) is 3. The number of nitrogens with one attached hydrogen (secondary N) is 2. The van der Waals surface area contributed by atoms with Crippen molar-refractivity contribution in [2.24, 2.45) is 0 Å². The summed E-state index contributed by atoms with van der Waals surface area (Å²) >= 11 is 3.30. The molecule has 1 rings (SSSR count). The van der Waals surface area contributed by atoms with Crippen molar-refractivity contribution >= 4 is 27.7 Å². The zero-order valence-electron chi connectivity index (χ0n) is 8.59. The lowest BCUT2D eigenvalue weighted by Crippen LogP contribution is -2.24. The van der Waals surface area contributed by atoms with E-state index in [0.717, 1.165) is 10.3 Å². The van der Waals surface area contributed by atoms with E-state index in [2.05, 4.69) is 31.5 Å². The molecule has 0 radical (unpaired) electrons. The van der Waals surface area contributed by atoms with Gasteiger partial charge in [-0.2, -0.15) is 0 Å². The molecule has 2 N–H and O–H groups in total. The highest BCUT2D eigenvalue weighted by molar-refractivity contribution is 9.10. The molecule has 0 saturated carbocycles. The van der Waals surface area contributed by atoms with Crippen molar-refractivity contribution in [3.8, 4) is 0 Å². The van der Waals surface area contributed by atoms with E-state index < -0.39 is 0 Å². The lowest BCUT2D eigenvalue weighted by molar-refractivity contribution is -0.120. The fourth-order valence-electron chi connectivity index (χ4n) is 1.07. The smallest absolute Gasteiger partial charge is 0.221 e. The van der Waals surface area contributed by atoms with Crippen LogP contribution < -0.4 is 10.6 Å². The third kappa shape index (κ3) is 4.78. The summed E-state index contributed by atoms with van der Waals surface area (Å²) in [6, 6.07) is 3.77. The third-order valence-electron chi connectivity index (χ3n) is 1.76. The van der Waals surface area contributed by atoms with Gasteiger partial charge in [0.1, 0.15) is 5.82 Å². The van der Waals surface area contributed by atoms with Crippen LogP contribution in [0.4, 0.5) is 5.82 Å². The Balaban J connectivity index is 2.26. The molecular weight excluding hydrogens is 258 g/mol. The number of pyridine rings is 1. The maximum atomic E-state index is 11.1. The average molecular weight is 272 g/mol. The zero-order chi connectivity index (χ0) is 11.1. The van der Waals surface area contributed by atoms with Gasteiger partial charge in [0.05, 0.1) is 0 Å². The Bertz CT molecular complexity index is 313. The number of halogens is 1. The van der Waals surface area contributed by atoms with Gasteiger partial charge in [-0.05, 0) is 35.0 Å². The van der Waals surface area contributed by atoms with Crippen LogP contribution in [0.15, 0.2) is 22.8 Å². The van der Waals surface area contributed by atoms with Gasteiger partial charge in [-0.1, -0.05) is 0 Å². The molecule has 0 spiro atoms. The number of nitrogens with zero attached hydrogens (tertiary/aromatic N) is 1. The van der Waals surface area contributed by atoms with E-state index in [-0.39, 0.29) is 5.91 Å². The van der Waals surface area contributed by atoms with Crippen molar-refractivity contribution in [3.05, 3.63) is 22.8 Å². The zero-order valence-corrected chi connectivity index (χ0v) is 10.2. The topological polar surface area (TPSA) is 54.0 Å². The predicted octanol–water partition coefficient (Wildman–Crippen LogP) is 1.78.